The largest absolute Gasteiger partial charge is 0.343 e. The molecule has 0 bridgehead atoms. The number of thioether (sulfide) groups is 1. The molecular weight excluding hydrogens is 361 g/mol. The number of rotatable bonds is 6. The minimum atomic E-state index is -0.301. The lowest BCUT2D eigenvalue weighted by Crippen LogP contribution is -2.19. The highest BCUT2D eigenvalue weighted by molar-refractivity contribution is 7.99. The summed E-state index contributed by atoms with van der Waals surface area (Å²) in [5.74, 6) is 0.0324. The third-order valence-electron chi connectivity index (χ3n) is 2.87. The Labute approximate surface area is 146 Å². The van der Waals surface area contributed by atoms with Gasteiger partial charge in [0.15, 0.2) is 11.0 Å². The van der Waals surface area contributed by atoms with Gasteiger partial charge in [-0.3, -0.25) is 9.36 Å². The van der Waals surface area contributed by atoms with Crippen LogP contribution in [0.5, 0.6) is 0 Å². The van der Waals surface area contributed by atoms with Crippen LogP contribution in [-0.2, 0) is 11.3 Å². The molecule has 2 aromatic rings. The van der Waals surface area contributed by atoms with E-state index in [1.54, 1.807) is 6.92 Å². The minimum Gasteiger partial charge on any atom is -0.309 e. The zero-order valence-corrected chi connectivity index (χ0v) is 14.8. The van der Waals surface area contributed by atoms with E-state index >= 15 is 0 Å². The molecule has 0 fully saturated rings. The second-order valence-corrected chi connectivity index (χ2v) is 6.44. The van der Waals surface area contributed by atoms with Gasteiger partial charge in [0.1, 0.15) is 0 Å². The van der Waals surface area contributed by atoms with Crippen molar-refractivity contribution in [3.05, 3.63) is 32.3 Å². The molecule has 0 aliphatic carbocycles. The number of aromatic amines is 1. The summed E-state index contributed by atoms with van der Waals surface area (Å²) < 4.78 is 1.50. The zero-order valence-electron chi connectivity index (χ0n) is 12.5. The van der Waals surface area contributed by atoms with Gasteiger partial charge < -0.3 is 5.32 Å². The molecule has 0 aromatic carbocycles. The number of aromatic nitrogens is 4. The standard InChI is InChI=1S/C13H15Cl2N5O2S/c1-3-4-20-12(22)18-19-13(20)23-6-10(21)17-11-9(15)5-8(14)7(2)16-11/h5H,3-4,6H2,1-2H3,(H,18,22)(H,16,17,21). The Kier molecular flexibility index (Phi) is 6.09. The lowest BCUT2D eigenvalue weighted by molar-refractivity contribution is -0.113. The van der Waals surface area contributed by atoms with Gasteiger partial charge >= 0.3 is 5.69 Å². The van der Waals surface area contributed by atoms with E-state index in [-0.39, 0.29) is 28.2 Å². The molecule has 0 atom stereocenters. The number of halogens is 2. The molecule has 7 nitrogen and oxygen atoms in total. The number of carbonyl (C=O) groups excluding carboxylic acids is 1. The molecule has 0 saturated heterocycles. The van der Waals surface area contributed by atoms with E-state index in [0.29, 0.717) is 22.4 Å². The van der Waals surface area contributed by atoms with Crippen molar-refractivity contribution in [1.82, 2.24) is 19.7 Å². The lowest BCUT2D eigenvalue weighted by Gasteiger charge is -2.08. The predicted molar refractivity (Wildman–Crippen MR) is 91.5 cm³/mol. The number of aryl methyl sites for hydroxylation is 1. The van der Waals surface area contributed by atoms with Crippen LogP contribution in [0.3, 0.4) is 0 Å². The quantitative estimate of drug-likeness (QED) is 0.757. The van der Waals surface area contributed by atoms with Gasteiger partial charge in [-0.05, 0) is 19.4 Å². The average molecular weight is 376 g/mol. The van der Waals surface area contributed by atoms with E-state index in [4.69, 9.17) is 23.2 Å². The first-order valence-corrected chi connectivity index (χ1v) is 8.57. The average Bonchev–Trinajstić information content (AvgIpc) is 2.84. The van der Waals surface area contributed by atoms with Crippen LogP contribution in [0.4, 0.5) is 5.82 Å². The van der Waals surface area contributed by atoms with Gasteiger partial charge in [-0.2, -0.15) is 0 Å². The Bertz CT molecular complexity index is 774. The summed E-state index contributed by atoms with van der Waals surface area (Å²) in [4.78, 5) is 27.7. The van der Waals surface area contributed by atoms with Crippen LogP contribution in [-0.4, -0.2) is 31.4 Å². The maximum absolute atomic E-state index is 12.0. The fraction of sp³-hybridized carbons (Fsp3) is 0.385. The summed E-state index contributed by atoms with van der Waals surface area (Å²) >= 11 is 13.1. The molecule has 2 heterocycles. The Hall–Kier alpha value is -1.51. The molecule has 2 N–H and O–H groups in total. The number of anilines is 1. The molecule has 2 aromatic heterocycles. The molecule has 23 heavy (non-hydrogen) atoms. The summed E-state index contributed by atoms with van der Waals surface area (Å²) in [5, 5.41) is 10.1. The third-order valence-corrected chi connectivity index (χ3v) is 4.51. The summed E-state index contributed by atoms with van der Waals surface area (Å²) in [6, 6.07) is 1.53. The summed E-state index contributed by atoms with van der Waals surface area (Å²) in [7, 11) is 0. The van der Waals surface area contributed by atoms with E-state index < -0.39 is 0 Å². The second-order valence-electron chi connectivity index (χ2n) is 4.69. The molecule has 2 rings (SSSR count). The van der Waals surface area contributed by atoms with E-state index in [0.717, 1.165) is 18.2 Å². The maximum Gasteiger partial charge on any atom is 0.343 e. The number of hydrogen-bond donors (Lipinski definition) is 2. The number of carbonyl (C=O) groups is 1. The van der Waals surface area contributed by atoms with E-state index in [2.05, 4.69) is 20.5 Å². The molecule has 0 aliphatic rings. The van der Waals surface area contributed by atoms with Gasteiger partial charge in [-0.15, -0.1) is 5.10 Å². The number of amides is 1. The Morgan fingerprint density at radius 1 is 1.43 bits per heavy atom. The summed E-state index contributed by atoms with van der Waals surface area (Å²) in [6.45, 7) is 4.22. The highest BCUT2D eigenvalue weighted by atomic mass is 35.5. The predicted octanol–water partition coefficient (Wildman–Crippen LogP) is 2.72. The molecular formula is C13H15Cl2N5O2S. The monoisotopic (exact) mass is 375 g/mol. The van der Waals surface area contributed by atoms with Crippen LogP contribution < -0.4 is 11.0 Å². The summed E-state index contributed by atoms with van der Waals surface area (Å²) in [5.41, 5.74) is 0.288. The summed E-state index contributed by atoms with van der Waals surface area (Å²) in [6.07, 6.45) is 0.794. The van der Waals surface area contributed by atoms with E-state index in [1.807, 2.05) is 6.92 Å². The van der Waals surface area contributed by atoms with Gasteiger partial charge in [-0.25, -0.2) is 14.9 Å². The Morgan fingerprint density at radius 2 is 2.17 bits per heavy atom. The van der Waals surface area contributed by atoms with Crippen molar-refractivity contribution >= 4 is 46.7 Å². The maximum atomic E-state index is 12.0. The first kappa shape index (κ1) is 17.8. The molecule has 0 spiro atoms. The van der Waals surface area contributed by atoms with Crippen molar-refractivity contribution < 1.29 is 4.79 Å². The molecule has 0 aliphatic heterocycles. The van der Waals surface area contributed by atoms with Crippen LogP contribution in [0, 0.1) is 6.92 Å². The Balaban J connectivity index is 2.01. The van der Waals surface area contributed by atoms with Gasteiger partial charge in [0, 0.05) is 6.54 Å². The molecule has 0 radical (unpaired) electrons. The number of H-pyrrole nitrogens is 1. The second kappa shape index (κ2) is 7.85. The van der Waals surface area contributed by atoms with E-state index in [1.165, 1.54) is 10.6 Å². The number of hydrogen-bond acceptors (Lipinski definition) is 5. The van der Waals surface area contributed by atoms with Crippen LogP contribution in [0.2, 0.25) is 10.0 Å². The highest BCUT2D eigenvalue weighted by Gasteiger charge is 2.13. The van der Waals surface area contributed by atoms with Crippen molar-refractivity contribution in [1.29, 1.82) is 0 Å². The topological polar surface area (TPSA) is 92.7 Å². The van der Waals surface area contributed by atoms with Gasteiger partial charge in [0.05, 0.1) is 21.5 Å². The number of nitrogens with one attached hydrogen (secondary N) is 2. The van der Waals surface area contributed by atoms with Crippen LogP contribution in [0.15, 0.2) is 16.0 Å². The molecule has 0 unspecified atom stereocenters. The molecule has 1 amide bonds. The molecule has 0 saturated carbocycles. The molecule has 124 valence electrons. The first-order valence-electron chi connectivity index (χ1n) is 6.82. The first-order chi connectivity index (χ1) is 10.9. The fourth-order valence-electron chi connectivity index (χ4n) is 1.78. The number of nitrogens with zero attached hydrogens (tertiary/aromatic N) is 3. The zero-order chi connectivity index (χ0) is 17.0. The normalized spacial score (nSPS) is 10.8. The van der Waals surface area contributed by atoms with Crippen LogP contribution in [0.1, 0.15) is 19.0 Å². The van der Waals surface area contributed by atoms with Crippen LogP contribution >= 0.6 is 35.0 Å². The van der Waals surface area contributed by atoms with Crippen molar-refractivity contribution in [3.63, 3.8) is 0 Å². The minimum absolute atomic E-state index is 0.0771. The SMILES string of the molecule is CCCn1c(SCC(=O)Nc2nc(C)c(Cl)cc2Cl)n[nH]c1=O. The van der Waals surface area contributed by atoms with Gasteiger partial charge in [0.25, 0.3) is 0 Å². The van der Waals surface area contributed by atoms with Crippen molar-refractivity contribution in [2.45, 2.75) is 32.0 Å². The molecule has 10 heteroatoms. The smallest absolute Gasteiger partial charge is 0.309 e. The van der Waals surface area contributed by atoms with E-state index in [9.17, 15) is 9.59 Å². The van der Waals surface area contributed by atoms with Crippen molar-refractivity contribution in [2.75, 3.05) is 11.1 Å². The highest BCUT2D eigenvalue weighted by Crippen LogP contribution is 2.25. The lowest BCUT2D eigenvalue weighted by atomic mass is 10.3. The third kappa shape index (κ3) is 4.49. The van der Waals surface area contributed by atoms with Gasteiger partial charge in [-0.1, -0.05) is 41.9 Å². The fourth-order valence-corrected chi connectivity index (χ4v) is 2.96. The number of pyridine rings is 1. The van der Waals surface area contributed by atoms with Crippen molar-refractivity contribution in [2.24, 2.45) is 0 Å². The van der Waals surface area contributed by atoms with Crippen LogP contribution in [0.25, 0.3) is 0 Å². The van der Waals surface area contributed by atoms with Crippen molar-refractivity contribution in [3.8, 4) is 0 Å². The Morgan fingerprint density at radius 3 is 2.87 bits per heavy atom. The van der Waals surface area contributed by atoms with Gasteiger partial charge in [0.2, 0.25) is 5.91 Å².